The Bertz CT molecular complexity index is 835. The number of benzene rings is 2. The van der Waals surface area contributed by atoms with Crippen molar-refractivity contribution in [1.82, 2.24) is 10.7 Å². The maximum absolute atomic E-state index is 11.9. The van der Waals surface area contributed by atoms with Gasteiger partial charge in [0, 0.05) is 10.6 Å². The van der Waals surface area contributed by atoms with E-state index >= 15 is 0 Å². The van der Waals surface area contributed by atoms with Crippen molar-refractivity contribution in [3.8, 4) is 0 Å². The molecule has 7 nitrogen and oxygen atoms in total. The molecule has 0 saturated heterocycles. The van der Waals surface area contributed by atoms with Gasteiger partial charge in [-0.2, -0.15) is 5.10 Å². The average Bonchev–Trinajstić information content (AvgIpc) is 2.66. The standard InChI is InChI=1S/C18H16ClN3O4/c1-26-18(25)13-7-5-12(6-8-13)10-21-22-16(23)11-20-17(24)14-3-2-4-15(19)9-14/h2-10H,11H2,1H3,(H,20,24)(H,22,23)/b21-10+. The van der Waals surface area contributed by atoms with Crippen molar-refractivity contribution in [1.29, 1.82) is 0 Å². The normalized spacial score (nSPS) is 10.4. The Hall–Kier alpha value is -3.19. The van der Waals surface area contributed by atoms with E-state index in [1.165, 1.54) is 19.4 Å². The van der Waals surface area contributed by atoms with Crippen LogP contribution in [-0.4, -0.2) is 37.7 Å². The second kappa shape index (κ2) is 9.33. The van der Waals surface area contributed by atoms with Crippen molar-refractivity contribution < 1.29 is 19.1 Å². The zero-order chi connectivity index (χ0) is 18.9. The Morgan fingerprint density at radius 2 is 1.85 bits per heavy atom. The number of hydrazone groups is 1. The summed E-state index contributed by atoms with van der Waals surface area (Å²) in [6.45, 7) is -0.232. The highest BCUT2D eigenvalue weighted by atomic mass is 35.5. The summed E-state index contributed by atoms with van der Waals surface area (Å²) in [5.41, 5.74) is 3.75. The molecule has 8 heteroatoms. The third-order valence-corrected chi connectivity index (χ3v) is 3.47. The van der Waals surface area contributed by atoms with E-state index in [0.29, 0.717) is 21.7 Å². The predicted octanol–water partition coefficient (Wildman–Crippen LogP) is 2.01. The number of nitrogens with zero attached hydrogens (tertiary/aromatic N) is 1. The molecule has 2 N–H and O–H groups in total. The van der Waals surface area contributed by atoms with Gasteiger partial charge in [0.15, 0.2) is 0 Å². The van der Waals surface area contributed by atoms with Gasteiger partial charge in [-0.05, 0) is 35.9 Å². The smallest absolute Gasteiger partial charge is 0.337 e. The minimum atomic E-state index is -0.484. The number of amides is 2. The van der Waals surface area contributed by atoms with E-state index in [1.807, 2.05) is 0 Å². The van der Waals surface area contributed by atoms with Gasteiger partial charge in [0.2, 0.25) is 0 Å². The predicted molar refractivity (Wildman–Crippen MR) is 97.3 cm³/mol. The quantitative estimate of drug-likeness (QED) is 0.460. The fraction of sp³-hybridized carbons (Fsp3) is 0.111. The van der Waals surface area contributed by atoms with E-state index in [0.717, 1.165) is 0 Å². The van der Waals surface area contributed by atoms with Gasteiger partial charge in [0.1, 0.15) is 0 Å². The molecule has 2 amide bonds. The van der Waals surface area contributed by atoms with Gasteiger partial charge >= 0.3 is 5.97 Å². The minimum absolute atomic E-state index is 0.232. The topological polar surface area (TPSA) is 96.9 Å². The Balaban J connectivity index is 1.80. The molecule has 0 spiro atoms. The summed E-state index contributed by atoms with van der Waals surface area (Å²) in [5.74, 6) is -1.33. The second-order valence-corrected chi connectivity index (χ2v) is 5.54. The van der Waals surface area contributed by atoms with Gasteiger partial charge in [0.05, 0.1) is 25.4 Å². The summed E-state index contributed by atoms with van der Waals surface area (Å²) < 4.78 is 4.60. The number of halogens is 1. The molecule has 0 fully saturated rings. The SMILES string of the molecule is COC(=O)c1ccc(/C=N/NC(=O)CNC(=O)c2cccc(Cl)c2)cc1. The van der Waals surface area contributed by atoms with Gasteiger partial charge in [-0.3, -0.25) is 9.59 Å². The van der Waals surface area contributed by atoms with Crippen molar-refractivity contribution in [3.05, 3.63) is 70.2 Å². The molecule has 0 aliphatic rings. The first kappa shape index (κ1) is 19.1. The highest BCUT2D eigenvalue weighted by Gasteiger charge is 2.08. The Kier molecular flexibility index (Phi) is 6.87. The van der Waals surface area contributed by atoms with Crippen LogP contribution in [0.3, 0.4) is 0 Å². The van der Waals surface area contributed by atoms with Crippen LogP contribution in [0.15, 0.2) is 53.6 Å². The van der Waals surface area contributed by atoms with Gasteiger partial charge in [0.25, 0.3) is 11.8 Å². The number of rotatable bonds is 6. The van der Waals surface area contributed by atoms with Crippen molar-refractivity contribution in [2.24, 2.45) is 5.10 Å². The number of hydrogen-bond acceptors (Lipinski definition) is 5. The summed E-state index contributed by atoms with van der Waals surface area (Å²) in [4.78, 5) is 34.9. The van der Waals surface area contributed by atoms with E-state index < -0.39 is 17.8 Å². The first-order valence-corrected chi connectivity index (χ1v) is 7.91. The van der Waals surface area contributed by atoms with Gasteiger partial charge in [-0.15, -0.1) is 0 Å². The molecule has 0 aromatic heterocycles. The lowest BCUT2D eigenvalue weighted by atomic mass is 10.1. The molecule has 0 atom stereocenters. The minimum Gasteiger partial charge on any atom is -0.465 e. The molecular formula is C18H16ClN3O4. The Labute approximate surface area is 155 Å². The lowest BCUT2D eigenvalue weighted by Crippen LogP contribution is -2.34. The lowest BCUT2D eigenvalue weighted by molar-refractivity contribution is -0.120. The first-order valence-electron chi connectivity index (χ1n) is 7.53. The van der Waals surface area contributed by atoms with Gasteiger partial charge in [-0.1, -0.05) is 29.8 Å². The molecule has 0 aliphatic carbocycles. The van der Waals surface area contributed by atoms with Crippen LogP contribution in [0.25, 0.3) is 0 Å². The first-order chi connectivity index (χ1) is 12.5. The third-order valence-electron chi connectivity index (χ3n) is 3.23. The molecule has 26 heavy (non-hydrogen) atoms. The van der Waals surface area contributed by atoms with Crippen LogP contribution in [0.5, 0.6) is 0 Å². The molecule has 0 saturated carbocycles. The van der Waals surface area contributed by atoms with E-state index in [4.69, 9.17) is 11.6 Å². The lowest BCUT2D eigenvalue weighted by Gasteiger charge is -2.04. The van der Waals surface area contributed by atoms with E-state index in [1.54, 1.807) is 42.5 Å². The van der Waals surface area contributed by atoms with E-state index in [9.17, 15) is 14.4 Å². The van der Waals surface area contributed by atoms with Crippen LogP contribution in [0.2, 0.25) is 5.02 Å². The summed E-state index contributed by atoms with van der Waals surface area (Å²) >= 11 is 5.81. The number of methoxy groups -OCH3 is 1. The molecule has 2 aromatic rings. The van der Waals surface area contributed by atoms with Crippen LogP contribution in [0, 0.1) is 0 Å². The van der Waals surface area contributed by atoms with Crippen LogP contribution >= 0.6 is 11.6 Å². The van der Waals surface area contributed by atoms with Crippen molar-refractivity contribution in [3.63, 3.8) is 0 Å². The highest BCUT2D eigenvalue weighted by molar-refractivity contribution is 6.31. The maximum atomic E-state index is 11.9. The molecule has 0 bridgehead atoms. The molecular weight excluding hydrogens is 358 g/mol. The Morgan fingerprint density at radius 1 is 1.12 bits per heavy atom. The summed E-state index contributed by atoms with van der Waals surface area (Å²) in [6, 6.07) is 12.9. The zero-order valence-corrected chi connectivity index (χ0v) is 14.6. The maximum Gasteiger partial charge on any atom is 0.337 e. The van der Waals surface area contributed by atoms with Crippen LogP contribution in [-0.2, 0) is 9.53 Å². The number of ether oxygens (including phenoxy) is 1. The zero-order valence-electron chi connectivity index (χ0n) is 13.9. The van der Waals surface area contributed by atoms with Crippen molar-refractivity contribution in [2.45, 2.75) is 0 Å². The summed E-state index contributed by atoms with van der Waals surface area (Å²) in [7, 11) is 1.30. The van der Waals surface area contributed by atoms with Crippen LogP contribution in [0.1, 0.15) is 26.3 Å². The second-order valence-electron chi connectivity index (χ2n) is 5.10. The third kappa shape index (κ3) is 5.71. The molecule has 0 aliphatic heterocycles. The fourth-order valence-electron chi connectivity index (χ4n) is 1.93. The highest BCUT2D eigenvalue weighted by Crippen LogP contribution is 2.10. The number of carbonyl (C=O) groups excluding carboxylic acids is 3. The molecule has 0 heterocycles. The van der Waals surface area contributed by atoms with Crippen molar-refractivity contribution in [2.75, 3.05) is 13.7 Å². The Morgan fingerprint density at radius 3 is 2.50 bits per heavy atom. The van der Waals surface area contributed by atoms with E-state index in [-0.39, 0.29) is 6.54 Å². The monoisotopic (exact) mass is 373 g/mol. The molecule has 2 rings (SSSR count). The fourth-order valence-corrected chi connectivity index (χ4v) is 2.12. The van der Waals surface area contributed by atoms with E-state index in [2.05, 4.69) is 20.6 Å². The largest absolute Gasteiger partial charge is 0.465 e. The molecule has 0 unspecified atom stereocenters. The van der Waals surface area contributed by atoms with Crippen molar-refractivity contribution >= 4 is 35.6 Å². The number of hydrogen-bond donors (Lipinski definition) is 2. The number of nitrogens with one attached hydrogen (secondary N) is 2. The number of carbonyl (C=O) groups is 3. The van der Waals surface area contributed by atoms with Crippen LogP contribution < -0.4 is 10.7 Å². The molecule has 2 aromatic carbocycles. The molecule has 0 radical (unpaired) electrons. The van der Waals surface area contributed by atoms with Crippen LogP contribution in [0.4, 0.5) is 0 Å². The number of esters is 1. The van der Waals surface area contributed by atoms with Gasteiger partial charge in [-0.25, -0.2) is 10.2 Å². The molecule has 134 valence electrons. The summed E-state index contributed by atoms with van der Waals surface area (Å²) in [6.07, 6.45) is 1.41. The average molecular weight is 374 g/mol. The van der Waals surface area contributed by atoms with Gasteiger partial charge < -0.3 is 10.1 Å². The summed E-state index contributed by atoms with van der Waals surface area (Å²) in [5, 5.41) is 6.69.